The minimum atomic E-state index is 0.568. The fourth-order valence-corrected chi connectivity index (χ4v) is 3.90. The fourth-order valence-electron chi connectivity index (χ4n) is 2.72. The van der Waals surface area contributed by atoms with Crippen molar-refractivity contribution in [2.45, 2.75) is 0 Å². The van der Waals surface area contributed by atoms with E-state index in [-0.39, 0.29) is 0 Å². The van der Waals surface area contributed by atoms with Gasteiger partial charge in [0.1, 0.15) is 17.2 Å². The average Bonchev–Trinajstić information content (AvgIpc) is 3.15. The van der Waals surface area contributed by atoms with Crippen LogP contribution in [-0.2, 0) is 0 Å². The third-order valence-electron chi connectivity index (χ3n) is 4.14. The molecule has 0 aliphatic rings. The molecule has 3 aromatic rings. The van der Waals surface area contributed by atoms with Crippen molar-refractivity contribution in [1.29, 1.82) is 0 Å². The van der Waals surface area contributed by atoms with Gasteiger partial charge in [-0.1, -0.05) is 23.2 Å². The van der Waals surface area contributed by atoms with Gasteiger partial charge in [0.05, 0.1) is 43.8 Å². The Bertz CT molecular complexity index is 1100. The number of hydrogen-bond donors (Lipinski definition) is 0. The molecule has 1 heterocycles. The van der Waals surface area contributed by atoms with Gasteiger partial charge >= 0.3 is 0 Å². The summed E-state index contributed by atoms with van der Waals surface area (Å²) < 4.78 is 18.0. The highest BCUT2D eigenvalue weighted by Gasteiger charge is 2.14. The van der Waals surface area contributed by atoms with Crippen molar-refractivity contribution in [1.82, 2.24) is 4.68 Å². The first-order chi connectivity index (χ1) is 14.0. The number of nitrogens with zero attached hydrogens (tertiary/aromatic N) is 3. The van der Waals surface area contributed by atoms with Gasteiger partial charge in [0, 0.05) is 35.1 Å². The van der Waals surface area contributed by atoms with E-state index >= 15 is 0 Å². The number of methoxy groups -OCH3 is 3. The highest BCUT2D eigenvalue weighted by molar-refractivity contribution is 7.07. The zero-order chi connectivity index (χ0) is 21.0. The van der Waals surface area contributed by atoms with Crippen LogP contribution in [0.4, 0.5) is 0 Å². The SMILES string of the molecule is CN=c1scc(-c2cc(Cl)ccc2Cl)n1N=Cc1c(OC)cc(OC)cc1OC. The van der Waals surface area contributed by atoms with E-state index in [1.54, 1.807) is 69.6 Å². The van der Waals surface area contributed by atoms with E-state index in [0.29, 0.717) is 37.7 Å². The number of ether oxygens (including phenoxy) is 3. The van der Waals surface area contributed by atoms with Crippen LogP contribution >= 0.6 is 34.5 Å². The second-order valence-electron chi connectivity index (χ2n) is 5.75. The zero-order valence-corrected chi connectivity index (χ0v) is 18.6. The molecule has 0 spiro atoms. The summed E-state index contributed by atoms with van der Waals surface area (Å²) in [5, 5.41) is 7.71. The number of hydrogen-bond acceptors (Lipinski definition) is 6. The topological polar surface area (TPSA) is 57.3 Å². The maximum atomic E-state index is 6.40. The molecule has 0 N–H and O–H groups in total. The standard InChI is InChI=1S/C20H19Cl2N3O3S/c1-23-20-25(17(11-29-20)14-7-12(21)5-6-16(14)22)24-10-15-18(27-3)8-13(26-2)9-19(15)28-4/h5-11H,1-4H3. The minimum Gasteiger partial charge on any atom is -0.496 e. The Hall–Kier alpha value is -2.48. The Morgan fingerprint density at radius 3 is 2.28 bits per heavy atom. The highest BCUT2D eigenvalue weighted by Crippen LogP contribution is 2.34. The maximum absolute atomic E-state index is 6.40. The predicted molar refractivity (Wildman–Crippen MR) is 118 cm³/mol. The molecule has 0 aliphatic heterocycles. The first-order valence-electron chi connectivity index (χ1n) is 8.45. The van der Waals surface area contributed by atoms with Crippen molar-refractivity contribution in [2.24, 2.45) is 10.1 Å². The number of benzene rings is 2. The van der Waals surface area contributed by atoms with E-state index in [9.17, 15) is 0 Å². The van der Waals surface area contributed by atoms with Crippen LogP contribution in [-0.4, -0.2) is 39.3 Å². The Kier molecular flexibility index (Phi) is 6.84. The molecule has 0 aliphatic carbocycles. The predicted octanol–water partition coefficient (Wildman–Crippen LogP) is 4.96. The van der Waals surface area contributed by atoms with Crippen molar-refractivity contribution in [3.63, 3.8) is 0 Å². The molecular weight excluding hydrogens is 433 g/mol. The molecule has 0 amide bonds. The molecule has 3 rings (SSSR count). The van der Waals surface area contributed by atoms with Crippen LogP contribution in [0.1, 0.15) is 5.56 Å². The Morgan fingerprint density at radius 2 is 1.69 bits per heavy atom. The molecule has 0 bridgehead atoms. The Labute approximate surface area is 182 Å². The monoisotopic (exact) mass is 451 g/mol. The molecule has 6 nitrogen and oxygen atoms in total. The lowest BCUT2D eigenvalue weighted by Crippen LogP contribution is -2.12. The van der Waals surface area contributed by atoms with E-state index < -0.39 is 0 Å². The molecule has 9 heteroatoms. The van der Waals surface area contributed by atoms with Gasteiger partial charge in [0.15, 0.2) is 0 Å². The van der Waals surface area contributed by atoms with Crippen molar-refractivity contribution >= 4 is 40.8 Å². The molecule has 152 valence electrons. The molecule has 2 aromatic carbocycles. The zero-order valence-electron chi connectivity index (χ0n) is 16.3. The van der Waals surface area contributed by atoms with Gasteiger partial charge in [-0.15, -0.1) is 11.3 Å². The van der Waals surface area contributed by atoms with Gasteiger partial charge in [-0.25, -0.2) is 4.68 Å². The average molecular weight is 452 g/mol. The van der Waals surface area contributed by atoms with Gasteiger partial charge in [0.2, 0.25) is 4.80 Å². The van der Waals surface area contributed by atoms with Crippen LogP contribution in [0.25, 0.3) is 11.3 Å². The number of halogens is 2. The summed E-state index contributed by atoms with van der Waals surface area (Å²) in [6, 6.07) is 8.82. The third-order valence-corrected chi connectivity index (χ3v) is 5.61. The summed E-state index contributed by atoms with van der Waals surface area (Å²) in [5.74, 6) is 1.76. The Morgan fingerprint density at radius 1 is 1.00 bits per heavy atom. The summed E-state index contributed by atoms with van der Waals surface area (Å²) in [6.45, 7) is 0. The normalized spacial score (nSPS) is 11.9. The smallest absolute Gasteiger partial charge is 0.205 e. The third kappa shape index (κ3) is 4.42. The number of thiazole rings is 1. The number of aromatic nitrogens is 1. The lowest BCUT2D eigenvalue weighted by molar-refractivity contribution is 0.374. The second kappa shape index (κ2) is 9.35. The first kappa shape index (κ1) is 21.2. The summed E-state index contributed by atoms with van der Waals surface area (Å²) in [7, 11) is 6.44. The van der Waals surface area contributed by atoms with E-state index in [0.717, 1.165) is 11.3 Å². The van der Waals surface area contributed by atoms with Crippen LogP contribution in [0.15, 0.2) is 45.8 Å². The molecule has 0 saturated carbocycles. The lowest BCUT2D eigenvalue weighted by Gasteiger charge is -2.12. The van der Waals surface area contributed by atoms with E-state index in [4.69, 9.17) is 37.4 Å². The molecule has 0 atom stereocenters. The summed E-state index contributed by atoms with van der Waals surface area (Å²) in [5.41, 5.74) is 2.20. The van der Waals surface area contributed by atoms with E-state index in [1.165, 1.54) is 11.3 Å². The van der Waals surface area contributed by atoms with E-state index in [1.807, 2.05) is 5.38 Å². The highest BCUT2D eigenvalue weighted by atomic mass is 35.5. The summed E-state index contributed by atoms with van der Waals surface area (Å²) >= 11 is 14.0. The summed E-state index contributed by atoms with van der Waals surface area (Å²) in [4.78, 5) is 5.00. The van der Waals surface area contributed by atoms with Crippen LogP contribution < -0.4 is 19.0 Å². The van der Waals surface area contributed by atoms with Gasteiger partial charge in [0.25, 0.3) is 0 Å². The fraction of sp³-hybridized carbons (Fsp3) is 0.200. The van der Waals surface area contributed by atoms with Gasteiger partial charge in [-0.3, -0.25) is 4.99 Å². The van der Waals surface area contributed by atoms with Gasteiger partial charge in [-0.05, 0) is 18.2 Å². The molecule has 1 aromatic heterocycles. The quantitative estimate of drug-likeness (QED) is 0.497. The summed E-state index contributed by atoms with van der Waals surface area (Å²) in [6.07, 6.45) is 1.65. The van der Waals surface area contributed by atoms with Crippen LogP contribution in [0.3, 0.4) is 0 Å². The Balaban J connectivity index is 2.16. The largest absolute Gasteiger partial charge is 0.496 e. The first-order valence-corrected chi connectivity index (χ1v) is 10.1. The second-order valence-corrected chi connectivity index (χ2v) is 7.43. The molecule has 0 radical (unpaired) electrons. The molecule has 29 heavy (non-hydrogen) atoms. The van der Waals surface area contributed by atoms with Crippen LogP contribution in [0, 0.1) is 0 Å². The van der Waals surface area contributed by atoms with Crippen molar-refractivity contribution in [2.75, 3.05) is 28.4 Å². The van der Waals surface area contributed by atoms with Crippen LogP contribution in [0.5, 0.6) is 17.2 Å². The van der Waals surface area contributed by atoms with E-state index in [2.05, 4.69) is 10.1 Å². The van der Waals surface area contributed by atoms with Crippen LogP contribution in [0.2, 0.25) is 10.0 Å². The maximum Gasteiger partial charge on any atom is 0.205 e. The minimum absolute atomic E-state index is 0.568. The lowest BCUT2D eigenvalue weighted by atomic mass is 10.1. The van der Waals surface area contributed by atoms with Crippen molar-refractivity contribution in [3.05, 3.63) is 56.1 Å². The molecule has 0 saturated heterocycles. The molecule has 0 fully saturated rings. The molecule has 0 unspecified atom stereocenters. The number of rotatable bonds is 6. The molecular formula is C20H19Cl2N3O3S. The van der Waals surface area contributed by atoms with Crippen molar-refractivity contribution in [3.8, 4) is 28.5 Å². The van der Waals surface area contributed by atoms with Crippen molar-refractivity contribution < 1.29 is 14.2 Å². The van der Waals surface area contributed by atoms with Gasteiger partial charge in [-0.2, -0.15) is 5.10 Å². The van der Waals surface area contributed by atoms with Gasteiger partial charge < -0.3 is 14.2 Å².